The normalized spacial score (nSPS) is 29.2. The molecule has 0 aromatic heterocycles. The van der Waals surface area contributed by atoms with Crippen LogP contribution in [0.5, 0.6) is 0 Å². The lowest BCUT2D eigenvalue weighted by atomic mass is 9.74. The molecule has 4 heteroatoms. The van der Waals surface area contributed by atoms with Crippen LogP contribution in [0, 0.1) is 5.92 Å². The number of esters is 1. The van der Waals surface area contributed by atoms with Gasteiger partial charge in [0, 0.05) is 41.4 Å². The smallest absolute Gasteiger partial charge is 0.306 e. The van der Waals surface area contributed by atoms with E-state index in [1.54, 1.807) is 0 Å². The van der Waals surface area contributed by atoms with E-state index in [-0.39, 0.29) is 34.2 Å². The predicted octanol–water partition coefficient (Wildman–Crippen LogP) is 3.79. The Morgan fingerprint density at radius 2 is 1.17 bits per heavy atom. The second-order valence-electron chi connectivity index (χ2n) is 10.8. The monoisotopic (exact) mass is 338 g/mol. The summed E-state index contributed by atoms with van der Waals surface area (Å²) in [6.45, 7) is 17.7. The van der Waals surface area contributed by atoms with Gasteiger partial charge in [-0.25, -0.2) is 0 Å². The molecule has 24 heavy (non-hydrogen) atoms. The van der Waals surface area contributed by atoms with Gasteiger partial charge < -0.3 is 15.4 Å². The third-order valence-corrected chi connectivity index (χ3v) is 5.18. The Bertz CT molecular complexity index is 406. The van der Waals surface area contributed by atoms with Gasteiger partial charge in [-0.2, -0.15) is 0 Å². The summed E-state index contributed by atoms with van der Waals surface area (Å²) in [5.41, 5.74) is 0.160. The Morgan fingerprint density at radius 3 is 1.58 bits per heavy atom. The molecule has 0 aromatic rings. The second kappa shape index (κ2) is 6.28. The summed E-state index contributed by atoms with van der Waals surface area (Å²) >= 11 is 0. The molecule has 0 amide bonds. The van der Waals surface area contributed by atoms with E-state index >= 15 is 0 Å². The maximum Gasteiger partial charge on any atom is 0.306 e. The van der Waals surface area contributed by atoms with Gasteiger partial charge in [-0.15, -0.1) is 0 Å². The van der Waals surface area contributed by atoms with Crippen molar-refractivity contribution in [1.82, 2.24) is 10.6 Å². The van der Waals surface area contributed by atoms with Crippen LogP contribution in [0.1, 0.15) is 87.5 Å². The average Bonchev–Trinajstić information content (AvgIpc) is 2.17. The molecule has 2 aliphatic heterocycles. The SMILES string of the molecule is CC1(C)CC(CC(=O)OC2CC(C)(C)NC(C)(C)C2)CC(C)(C)N1. The summed E-state index contributed by atoms with van der Waals surface area (Å²) < 4.78 is 5.90. The number of nitrogens with one attached hydrogen (secondary N) is 2. The highest BCUT2D eigenvalue weighted by atomic mass is 16.5. The molecule has 0 bridgehead atoms. The van der Waals surface area contributed by atoms with Crippen LogP contribution in [-0.4, -0.2) is 34.2 Å². The molecule has 2 rings (SSSR count). The molecule has 0 atom stereocenters. The fourth-order valence-corrected chi connectivity index (χ4v) is 5.46. The topological polar surface area (TPSA) is 50.4 Å². The Hall–Kier alpha value is -0.610. The average molecular weight is 339 g/mol. The molecule has 2 heterocycles. The lowest BCUT2D eigenvalue weighted by Gasteiger charge is -2.47. The summed E-state index contributed by atoms with van der Waals surface area (Å²) in [6, 6.07) is 0. The minimum atomic E-state index is -0.0213. The van der Waals surface area contributed by atoms with Gasteiger partial charge in [0.1, 0.15) is 6.10 Å². The van der Waals surface area contributed by atoms with Crippen LogP contribution in [-0.2, 0) is 9.53 Å². The Morgan fingerprint density at radius 1 is 0.792 bits per heavy atom. The quantitative estimate of drug-likeness (QED) is 0.769. The van der Waals surface area contributed by atoms with Gasteiger partial charge in [-0.3, -0.25) is 4.79 Å². The highest BCUT2D eigenvalue weighted by molar-refractivity contribution is 5.70. The first-order chi connectivity index (χ1) is 10.7. The van der Waals surface area contributed by atoms with Crippen LogP contribution in [0.25, 0.3) is 0 Å². The zero-order valence-corrected chi connectivity index (χ0v) is 17.0. The van der Waals surface area contributed by atoms with Crippen LogP contribution in [0.2, 0.25) is 0 Å². The molecular formula is C20H38N2O2. The maximum absolute atomic E-state index is 12.6. The lowest BCUT2D eigenvalue weighted by molar-refractivity contribution is -0.154. The molecule has 140 valence electrons. The minimum absolute atomic E-state index is 0.00539. The number of carbonyl (C=O) groups is 1. The van der Waals surface area contributed by atoms with Crippen molar-refractivity contribution in [3.05, 3.63) is 0 Å². The number of carbonyl (C=O) groups excluding carboxylic acids is 1. The second-order valence-corrected chi connectivity index (χ2v) is 10.8. The van der Waals surface area contributed by atoms with E-state index in [0.717, 1.165) is 25.7 Å². The molecule has 0 unspecified atom stereocenters. The van der Waals surface area contributed by atoms with Crippen molar-refractivity contribution in [2.45, 2.75) is 116 Å². The van der Waals surface area contributed by atoms with Crippen LogP contribution >= 0.6 is 0 Å². The predicted molar refractivity (Wildman–Crippen MR) is 99.0 cm³/mol. The molecule has 0 aliphatic carbocycles. The van der Waals surface area contributed by atoms with E-state index in [0.29, 0.717) is 12.3 Å². The van der Waals surface area contributed by atoms with Gasteiger partial charge in [0.25, 0.3) is 0 Å². The van der Waals surface area contributed by atoms with E-state index in [1.165, 1.54) is 0 Å². The zero-order chi connectivity index (χ0) is 18.4. The molecule has 4 nitrogen and oxygen atoms in total. The summed E-state index contributed by atoms with van der Waals surface area (Å²) in [4.78, 5) is 12.6. The van der Waals surface area contributed by atoms with Crippen molar-refractivity contribution in [3.63, 3.8) is 0 Å². The van der Waals surface area contributed by atoms with Gasteiger partial charge in [-0.1, -0.05) is 0 Å². The van der Waals surface area contributed by atoms with E-state index < -0.39 is 0 Å². The fraction of sp³-hybridized carbons (Fsp3) is 0.950. The summed E-state index contributed by atoms with van der Waals surface area (Å²) in [5, 5.41) is 7.32. The Labute approximate surface area is 148 Å². The van der Waals surface area contributed by atoms with Crippen LogP contribution in [0.4, 0.5) is 0 Å². The number of rotatable bonds is 3. The fourth-order valence-electron chi connectivity index (χ4n) is 5.46. The zero-order valence-electron chi connectivity index (χ0n) is 17.0. The number of hydrogen-bond donors (Lipinski definition) is 2. The molecule has 2 N–H and O–H groups in total. The highest BCUT2D eigenvalue weighted by Crippen LogP contribution is 2.36. The van der Waals surface area contributed by atoms with Gasteiger partial charge in [-0.05, 0) is 74.1 Å². The molecule has 0 aromatic carbocycles. The Balaban J connectivity index is 1.93. The van der Waals surface area contributed by atoms with Crippen molar-refractivity contribution in [1.29, 1.82) is 0 Å². The van der Waals surface area contributed by atoms with E-state index in [1.807, 2.05) is 0 Å². The third kappa shape index (κ3) is 5.73. The third-order valence-electron chi connectivity index (χ3n) is 5.18. The first-order valence-corrected chi connectivity index (χ1v) is 9.45. The number of ether oxygens (including phenoxy) is 1. The van der Waals surface area contributed by atoms with Gasteiger partial charge in [0.15, 0.2) is 0 Å². The van der Waals surface area contributed by atoms with Crippen molar-refractivity contribution in [2.24, 2.45) is 5.92 Å². The summed E-state index contributed by atoms with van der Waals surface area (Å²) in [6.07, 6.45) is 4.37. The van der Waals surface area contributed by atoms with E-state index in [4.69, 9.17) is 4.74 Å². The van der Waals surface area contributed by atoms with Gasteiger partial charge in [0.05, 0.1) is 0 Å². The maximum atomic E-state index is 12.6. The molecule has 0 radical (unpaired) electrons. The van der Waals surface area contributed by atoms with Gasteiger partial charge in [0.2, 0.25) is 0 Å². The van der Waals surface area contributed by atoms with Gasteiger partial charge >= 0.3 is 5.97 Å². The van der Waals surface area contributed by atoms with Crippen molar-refractivity contribution in [3.8, 4) is 0 Å². The molecule has 2 fully saturated rings. The molecular weight excluding hydrogens is 300 g/mol. The lowest BCUT2D eigenvalue weighted by Crippen LogP contribution is -2.60. The van der Waals surface area contributed by atoms with E-state index in [2.05, 4.69) is 66.0 Å². The number of hydrogen-bond acceptors (Lipinski definition) is 4. The highest BCUT2D eigenvalue weighted by Gasteiger charge is 2.41. The Kier molecular flexibility index (Phi) is 5.16. The molecule has 0 saturated carbocycles. The van der Waals surface area contributed by atoms with Crippen molar-refractivity contribution < 1.29 is 9.53 Å². The van der Waals surface area contributed by atoms with Crippen LogP contribution in [0.15, 0.2) is 0 Å². The first kappa shape index (κ1) is 19.7. The van der Waals surface area contributed by atoms with Crippen LogP contribution < -0.4 is 10.6 Å². The molecule has 0 spiro atoms. The first-order valence-electron chi connectivity index (χ1n) is 9.45. The van der Waals surface area contributed by atoms with Crippen molar-refractivity contribution >= 4 is 5.97 Å². The minimum Gasteiger partial charge on any atom is -0.462 e. The number of piperidine rings is 2. The molecule has 2 aliphatic rings. The van der Waals surface area contributed by atoms with E-state index in [9.17, 15) is 4.79 Å². The largest absolute Gasteiger partial charge is 0.462 e. The summed E-state index contributed by atoms with van der Waals surface area (Å²) in [5.74, 6) is 0.374. The molecule has 2 saturated heterocycles. The van der Waals surface area contributed by atoms with Crippen molar-refractivity contribution in [2.75, 3.05) is 0 Å². The standard InChI is InChI=1S/C20H38N2O2/c1-17(2)10-14(11-18(3,4)21-17)9-16(23)24-15-12-19(5,6)22-20(7,8)13-15/h14-15,21-22H,9-13H2,1-8H3. The summed E-state index contributed by atoms with van der Waals surface area (Å²) in [7, 11) is 0. The van der Waals surface area contributed by atoms with Crippen LogP contribution in [0.3, 0.4) is 0 Å².